The summed E-state index contributed by atoms with van der Waals surface area (Å²) in [4.78, 5) is 24.5. The zero-order valence-electron chi connectivity index (χ0n) is 15.5. The van der Waals surface area contributed by atoms with Gasteiger partial charge in [-0.05, 0) is 42.5 Å². The van der Waals surface area contributed by atoms with Crippen LogP contribution in [-0.2, 0) is 14.8 Å². The summed E-state index contributed by atoms with van der Waals surface area (Å²) in [5.74, 6) is -1.06. The molecule has 0 saturated carbocycles. The molecule has 0 fully saturated rings. The van der Waals surface area contributed by atoms with Gasteiger partial charge in [0.1, 0.15) is 0 Å². The summed E-state index contributed by atoms with van der Waals surface area (Å²) in [6.07, 6.45) is 0. The van der Waals surface area contributed by atoms with Crippen LogP contribution in [0.5, 0.6) is 0 Å². The number of anilines is 2. The Bertz CT molecular complexity index is 1140. The smallest absolute Gasteiger partial charge is 0.337 e. The first-order valence-electron chi connectivity index (χ1n) is 8.57. The van der Waals surface area contributed by atoms with Crippen molar-refractivity contribution in [1.82, 2.24) is 0 Å². The summed E-state index contributed by atoms with van der Waals surface area (Å²) in [7, 11) is -2.59. The van der Waals surface area contributed by atoms with Crippen molar-refractivity contribution < 1.29 is 22.7 Å². The molecule has 0 spiro atoms. The lowest BCUT2D eigenvalue weighted by molar-refractivity contribution is 0.0600. The highest BCUT2D eigenvalue weighted by molar-refractivity contribution is 7.92. The third-order valence-corrected chi connectivity index (χ3v) is 5.39. The molecule has 0 bridgehead atoms. The van der Waals surface area contributed by atoms with Gasteiger partial charge in [-0.3, -0.25) is 9.52 Å². The molecular formula is C21H18N2O5S. The summed E-state index contributed by atoms with van der Waals surface area (Å²) >= 11 is 0. The molecule has 0 aliphatic rings. The van der Waals surface area contributed by atoms with Crippen LogP contribution in [0.15, 0.2) is 83.8 Å². The van der Waals surface area contributed by atoms with E-state index < -0.39 is 21.9 Å². The standard InChI is InChI=1S/C21H18N2O5S/c1-28-21(25)15-8-7-9-16(14-15)22-20(24)18-12-5-6-13-19(18)23-29(26,27)17-10-3-2-4-11-17/h2-14,23H,1H3,(H,22,24). The Morgan fingerprint density at radius 1 is 0.862 bits per heavy atom. The minimum atomic E-state index is -3.85. The van der Waals surface area contributed by atoms with Gasteiger partial charge in [0.15, 0.2) is 0 Å². The Morgan fingerprint density at radius 2 is 1.55 bits per heavy atom. The van der Waals surface area contributed by atoms with Crippen LogP contribution in [0.3, 0.4) is 0 Å². The predicted octanol–water partition coefficient (Wildman–Crippen LogP) is 3.53. The number of benzene rings is 3. The van der Waals surface area contributed by atoms with Gasteiger partial charge in [-0.25, -0.2) is 13.2 Å². The summed E-state index contributed by atoms with van der Waals surface area (Å²) in [6.45, 7) is 0. The van der Waals surface area contributed by atoms with Crippen LogP contribution in [0, 0.1) is 0 Å². The number of ether oxygens (including phenoxy) is 1. The van der Waals surface area contributed by atoms with Gasteiger partial charge in [-0.2, -0.15) is 0 Å². The Balaban J connectivity index is 1.85. The second-order valence-corrected chi connectivity index (χ2v) is 7.67. The first kappa shape index (κ1) is 20.1. The first-order chi connectivity index (χ1) is 13.9. The highest BCUT2D eigenvalue weighted by Gasteiger charge is 2.18. The number of amides is 1. The minimum Gasteiger partial charge on any atom is -0.465 e. The zero-order chi connectivity index (χ0) is 20.9. The van der Waals surface area contributed by atoms with Crippen molar-refractivity contribution in [3.8, 4) is 0 Å². The molecule has 7 nitrogen and oxygen atoms in total. The van der Waals surface area contributed by atoms with Crippen molar-refractivity contribution >= 4 is 33.3 Å². The van der Waals surface area contributed by atoms with Gasteiger partial charge in [-0.1, -0.05) is 36.4 Å². The van der Waals surface area contributed by atoms with Gasteiger partial charge in [0.05, 0.1) is 28.8 Å². The van der Waals surface area contributed by atoms with Crippen LogP contribution >= 0.6 is 0 Å². The number of hydrogen-bond acceptors (Lipinski definition) is 5. The number of carbonyl (C=O) groups is 2. The van der Waals surface area contributed by atoms with Gasteiger partial charge in [0.25, 0.3) is 15.9 Å². The Hall–Kier alpha value is -3.65. The van der Waals surface area contributed by atoms with Gasteiger partial charge in [-0.15, -0.1) is 0 Å². The van der Waals surface area contributed by atoms with E-state index >= 15 is 0 Å². The van der Waals surface area contributed by atoms with E-state index in [9.17, 15) is 18.0 Å². The van der Waals surface area contributed by atoms with E-state index in [1.807, 2.05) is 0 Å². The van der Waals surface area contributed by atoms with Crippen LogP contribution in [0.2, 0.25) is 0 Å². The summed E-state index contributed by atoms with van der Waals surface area (Å²) in [5, 5.41) is 2.66. The Kier molecular flexibility index (Phi) is 5.94. The minimum absolute atomic E-state index is 0.0843. The molecule has 0 radical (unpaired) electrons. The maximum atomic E-state index is 12.7. The summed E-state index contributed by atoms with van der Waals surface area (Å²) < 4.78 is 32.3. The molecule has 3 aromatic rings. The van der Waals surface area contributed by atoms with Gasteiger partial charge in [0.2, 0.25) is 0 Å². The molecule has 0 atom stereocenters. The number of nitrogens with one attached hydrogen (secondary N) is 2. The number of rotatable bonds is 6. The molecule has 0 heterocycles. The van der Waals surface area contributed by atoms with Crippen molar-refractivity contribution in [2.45, 2.75) is 4.90 Å². The zero-order valence-corrected chi connectivity index (χ0v) is 16.3. The van der Waals surface area contributed by atoms with Gasteiger partial charge >= 0.3 is 5.97 Å². The van der Waals surface area contributed by atoms with Crippen LogP contribution in [0.25, 0.3) is 0 Å². The van der Waals surface area contributed by atoms with Crippen molar-refractivity contribution in [2.75, 3.05) is 17.1 Å². The molecule has 3 aromatic carbocycles. The van der Waals surface area contributed by atoms with Crippen molar-refractivity contribution in [1.29, 1.82) is 0 Å². The highest BCUT2D eigenvalue weighted by atomic mass is 32.2. The van der Waals surface area contributed by atoms with E-state index in [0.29, 0.717) is 5.69 Å². The number of para-hydroxylation sites is 1. The second kappa shape index (κ2) is 8.57. The lowest BCUT2D eigenvalue weighted by Crippen LogP contribution is -2.18. The molecule has 0 aliphatic heterocycles. The molecule has 8 heteroatoms. The van der Waals surface area contributed by atoms with Gasteiger partial charge in [0, 0.05) is 5.69 Å². The number of esters is 1. The van der Waals surface area contributed by atoms with E-state index in [4.69, 9.17) is 0 Å². The molecule has 148 valence electrons. The third-order valence-electron chi connectivity index (χ3n) is 4.01. The molecule has 0 aromatic heterocycles. The van der Waals surface area contributed by atoms with Crippen molar-refractivity contribution in [2.24, 2.45) is 0 Å². The monoisotopic (exact) mass is 410 g/mol. The number of methoxy groups -OCH3 is 1. The molecular weight excluding hydrogens is 392 g/mol. The van der Waals surface area contributed by atoms with Crippen LogP contribution in [0.1, 0.15) is 20.7 Å². The Morgan fingerprint density at radius 3 is 2.28 bits per heavy atom. The molecule has 2 N–H and O–H groups in total. The summed E-state index contributed by atoms with van der Waals surface area (Å²) in [5.41, 5.74) is 0.926. The maximum absolute atomic E-state index is 12.7. The Labute approximate surface area is 168 Å². The molecule has 3 rings (SSSR count). The fraction of sp³-hybridized carbons (Fsp3) is 0.0476. The SMILES string of the molecule is COC(=O)c1cccc(NC(=O)c2ccccc2NS(=O)(=O)c2ccccc2)c1. The van der Waals surface area contributed by atoms with E-state index in [1.54, 1.807) is 48.5 Å². The van der Waals surface area contributed by atoms with E-state index in [2.05, 4.69) is 14.8 Å². The first-order valence-corrected chi connectivity index (χ1v) is 10.1. The lowest BCUT2D eigenvalue weighted by Gasteiger charge is -2.13. The number of hydrogen-bond donors (Lipinski definition) is 2. The highest BCUT2D eigenvalue weighted by Crippen LogP contribution is 2.22. The van der Waals surface area contributed by atoms with E-state index in [1.165, 1.54) is 37.4 Å². The largest absolute Gasteiger partial charge is 0.465 e. The lowest BCUT2D eigenvalue weighted by atomic mass is 10.1. The molecule has 0 unspecified atom stereocenters. The average molecular weight is 410 g/mol. The van der Waals surface area contributed by atoms with Gasteiger partial charge < -0.3 is 10.1 Å². The number of sulfonamides is 1. The second-order valence-electron chi connectivity index (χ2n) is 5.99. The normalized spacial score (nSPS) is 10.8. The van der Waals surface area contributed by atoms with Crippen molar-refractivity contribution in [3.63, 3.8) is 0 Å². The molecule has 0 saturated heterocycles. The molecule has 0 aliphatic carbocycles. The summed E-state index contributed by atoms with van der Waals surface area (Å²) in [6, 6.07) is 20.4. The van der Waals surface area contributed by atoms with Crippen molar-refractivity contribution in [3.05, 3.63) is 90.0 Å². The van der Waals surface area contributed by atoms with Crippen LogP contribution in [-0.4, -0.2) is 27.4 Å². The fourth-order valence-corrected chi connectivity index (χ4v) is 3.71. The maximum Gasteiger partial charge on any atom is 0.337 e. The van der Waals surface area contributed by atoms with Crippen LogP contribution < -0.4 is 10.0 Å². The van der Waals surface area contributed by atoms with E-state index in [0.717, 1.165) is 0 Å². The predicted molar refractivity (Wildman–Crippen MR) is 109 cm³/mol. The third kappa shape index (κ3) is 4.80. The average Bonchev–Trinajstić information content (AvgIpc) is 2.74. The fourth-order valence-electron chi connectivity index (χ4n) is 2.61. The molecule has 1 amide bonds. The molecule has 29 heavy (non-hydrogen) atoms. The topological polar surface area (TPSA) is 102 Å². The number of carbonyl (C=O) groups excluding carboxylic acids is 2. The van der Waals surface area contributed by atoms with E-state index in [-0.39, 0.29) is 21.7 Å². The van der Waals surface area contributed by atoms with Crippen LogP contribution in [0.4, 0.5) is 11.4 Å². The quantitative estimate of drug-likeness (QED) is 0.606.